The Morgan fingerprint density at radius 3 is 2.36 bits per heavy atom. The first-order valence-corrected chi connectivity index (χ1v) is 8.81. The summed E-state index contributed by atoms with van der Waals surface area (Å²) in [6, 6.07) is 0. The zero-order chi connectivity index (χ0) is 17.4. The van der Waals surface area contributed by atoms with E-state index < -0.39 is 34.0 Å². The zero-order valence-corrected chi connectivity index (χ0v) is 14.3. The topological polar surface area (TPSA) is 122 Å². The summed E-state index contributed by atoms with van der Waals surface area (Å²) in [6.45, 7) is 6.28. The van der Waals surface area contributed by atoms with Crippen molar-refractivity contribution in [1.82, 2.24) is 10.0 Å². The van der Waals surface area contributed by atoms with Crippen LogP contribution in [0, 0.1) is 0 Å². The molecule has 0 aromatic rings. The van der Waals surface area contributed by atoms with Crippen molar-refractivity contribution in [3.63, 3.8) is 0 Å². The smallest absolute Gasteiger partial charge is 0.329 e. The normalized spacial score (nSPS) is 14.6. The summed E-state index contributed by atoms with van der Waals surface area (Å²) in [7, 11) is -3.64. The lowest BCUT2D eigenvalue weighted by Crippen LogP contribution is -2.54. The molecule has 9 heteroatoms. The van der Waals surface area contributed by atoms with E-state index in [0.29, 0.717) is 6.42 Å². The number of ether oxygens (including phenoxy) is 1. The highest BCUT2D eigenvalue weighted by molar-refractivity contribution is 7.89. The Balaban J connectivity index is 4.40. The van der Waals surface area contributed by atoms with Gasteiger partial charge in [0.05, 0.1) is 25.0 Å². The molecule has 0 saturated heterocycles. The van der Waals surface area contributed by atoms with Gasteiger partial charge in [-0.05, 0) is 27.2 Å². The van der Waals surface area contributed by atoms with E-state index in [-0.39, 0.29) is 24.9 Å². The van der Waals surface area contributed by atoms with Gasteiger partial charge in [-0.3, -0.25) is 4.79 Å². The molecule has 8 nitrogen and oxygen atoms in total. The molecule has 0 aromatic carbocycles. The van der Waals surface area contributed by atoms with E-state index in [4.69, 9.17) is 9.84 Å². The molecule has 0 aliphatic rings. The third-order valence-corrected chi connectivity index (χ3v) is 4.18. The predicted octanol–water partition coefficient (Wildman–Crippen LogP) is 0.0904. The summed E-state index contributed by atoms with van der Waals surface area (Å²) in [6.07, 6.45) is 0.744. The number of amides is 1. The van der Waals surface area contributed by atoms with Gasteiger partial charge in [0.1, 0.15) is 5.54 Å². The van der Waals surface area contributed by atoms with E-state index in [0.717, 1.165) is 0 Å². The number of sulfonamides is 1. The van der Waals surface area contributed by atoms with E-state index in [1.807, 2.05) is 0 Å². The molecule has 0 spiro atoms. The fourth-order valence-electron chi connectivity index (χ4n) is 1.72. The Kier molecular flexibility index (Phi) is 8.57. The van der Waals surface area contributed by atoms with Crippen LogP contribution in [-0.4, -0.2) is 55.9 Å². The summed E-state index contributed by atoms with van der Waals surface area (Å²) in [5, 5.41) is 11.5. The molecule has 22 heavy (non-hydrogen) atoms. The average molecular weight is 338 g/mol. The standard InChI is InChI=1S/C13H26N2O6S/c1-5-6-13(4,12(17)18)15-11(16)9-14-22(19,20)8-7-21-10(2)3/h10,14H,5-9H2,1-4H3,(H,15,16)(H,17,18). The molecule has 1 atom stereocenters. The van der Waals surface area contributed by atoms with Crippen LogP contribution < -0.4 is 10.0 Å². The summed E-state index contributed by atoms with van der Waals surface area (Å²) in [5.41, 5.74) is -1.40. The van der Waals surface area contributed by atoms with Crippen LogP contribution in [0.2, 0.25) is 0 Å². The van der Waals surface area contributed by atoms with E-state index in [2.05, 4.69) is 10.0 Å². The van der Waals surface area contributed by atoms with Crippen LogP contribution in [0.5, 0.6) is 0 Å². The third kappa shape index (κ3) is 8.30. The first-order valence-electron chi connectivity index (χ1n) is 7.15. The van der Waals surface area contributed by atoms with Gasteiger partial charge in [0.2, 0.25) is 15.9 Å². The maximum atomic E-state index is 11.7. The molecule has 1 amide bonds. The van der Waals surface area contributed by atoms with Crippen LogP contribution in [0.1, 0.15) is 40.5 Å². The molecule has 0 saturated carbocycles. The second-order valence-electron chi connectivity index (χ2n) is 5.49. The van der Waals surface area contributed by atoms with Crippen molar-refractivity contribution in [2.75, 3.05) is 18.9 Å². The second kappa shape index (κ2) is 9.06. The van der Waals surface area contributed by atoms with Gasteiger partial charge in [0, 0.05) is 0 Å². The number of carboxylic acid groups (broad SMARTS) is 1. The Bertz CT molecular complexity index is 477. The van der Waals surface area contributed by atoms with Gasteiger partial charge in [-0.15, -0.1) is 0 Å². The van der Waals surface area contributed by atoms with Crippen molar-refractivity contribution in [3.05, 3.63) is 0 Å². The number of hydrogen-bond acceptors (Lipinski definition) is 5. The Labute approximate surface area is 131 Å². The SMILES string of the molecule is CCCC(C)(NC(=O)CNS(=O)(=O)CCOC(C)C)C(=O)O. The van der Waals surface area contributed by atoms with Gasteiger partial charge in [0.25, 0.3) is 0 Å². The molecule has 0 aliphatic carbocycles. The van der Waals surface area contributed by atoms with Crippen LogP contribution >= 0.6 is 0 Å². The highest BCUT2D eigenvalue weighted by Gasteiger charge is 2.33. The number of hydrogen-bond donors (Lipinski definition) is 3. The molecule has 3 N–H and O–H groups in total. The second-order valence-corrected chi connectivity index (χ2v) is 7.42. The van der Waals surface area contributed by atoms with Gasteiger partial charge in [0.15, 0.2) is 0 Å². The van der Waals surface area contributed by atoms with Gasteiger partial charge in [-0.2, -0.15) is 0 Å². The Hall–Kier alpha value is -1.19. The molecule has 0 aromatic heterocycles. The van der Waals surface area contributed by atoms with Gasteiger partial charge in [-0.1, -0.05) is 13.3 Å². The summed E-state index contributed by atoms with van der Waals surface area (Å²) in [4.78, 5) is 22.9. The first kappa shape index (κ1) is 20.8. The molecule has 0 radical (unpaired) electrons. The summed E-state index contributed by atoms with van der Waals surface area (Å²) in [5.74, 6) is -2.11. The number of aliphatic carboxylic acids is 1. The van der Waals surface area contributed by atoms with Crippen molar-refractivity contribution >= 4 is 21.9 Å². The van der Waals surface area contributed by atoms with Crippen molar-refractivity contribution in [2.45, 2.75) is 52.2 Å². The lowest BCUT2D eigenvalue weighted by molar-refractivity contribution is -0.147. The minimum Gasteiger partial charge on any atom is -0.480 e. The number of rotatable bonds is 11. The van der Waals surface area contributed by atoms with Crippen molar-refractivity contribution in [1.29, 1.82) is 0 Å². The van der Waals surface area contributed by atoms with E-state index in [1.54, 1.807) is 20.8 Å². The van der Waals surface area contributed by atoms with Gasteiger partial charge >= 0.3 is 5.97 Å². The van der Waals surface area contributed by atoms with Crippen LogP contribution in [0.15, 0.2) is 0 Å². The van der Waals surface area contributed by atoms with E-state index in [1.165, 1.54) is 6.92 Å². The van der Waals surface area contributed by atoms with Crippen LogP contribution in [-0.2, 0) is 24.3 Å². The Morgan fingerprint density at radius 2 is 1.91 bits per heavy atom. The lowest BCUT2D eigenvalue weighted by atomic mass is 9.96. The number of carboxylic acids is 1. The largest absolute Gasteiger partial charge is 0.480 e. The first-order chi connectivity index (χ1) is 10.0. The number of nitrogens with one attached hydrogen (secondary N) is 2. The molecule has 0 aliphatic heterocycles. The van der Waals surface area contributed by atoms with Gasteiger partial charge < -0.3 is 15.2 Å². The molecule has 0 heterocycles. The molecule has 1 unspecified atom stereocenters. The fraction of sp³-hybridized carbons (Fsp3) is 0.846. The minimum absolute atomic E-state index is 0.0251. The summed E-state index contributed by atoms with van der Waals surface area (Å²) >= 11 is 0. The average Bonchev–Trinajstić information content (AvgIpc) is 2.36. The summed E-state index contributed by atoms with van der Waals surface area (Å²) < 4.78 is 30.6. The van der Waals surface area contributed by atoms with Crippen molar-refractivity contribution < 1.29 is 27.9 Å². The predicted molar refractivity (Wildman–Crippen MR) is 82.0 cm³/mol. The highest BCUT2D eigenvalue weighted by Crippen LogP contribution is 2.12. The zero-order valence-electron chi connectivity index (χ0n) is 13.5. The molecule has 0 bridgehead atoms. The van der Waals surface area contributed by atoms with Crippen molar-refractivity contribution in [2.24, 2.45) is 0 Å². The van der Waals surface area contributed by atoms with Crippen LogP contribution in [0.4, 0.5) is 0 Å². The fourth-order valence-corrected chi connectivity index (χ4v) is 2.53. The van der Waals surface area contributed by atoms with Crippen LogP contribution in [0.25, 0.3) is 0 Å². The molecule has 0 fully saturated rings. The lowest BCUT2D eigenvalue weighted by Gasteiger charge is -2.25. The molecule has 130 valence electrons. The van der Waals surface area contributed by atoms with E-state index >= 15 is 0 Å². The van der Waals surface area contributed by atoms with Gasteiger partial charge in [-0.25, -0.2) is 17.9 Å². The molecular formula is C13H26N2O6S. The maximum absolute atomic E-state index is 11.7. The number of carbonyl (C=O) groups excluding carboxylic acids is 1. The number of carbonyl (C=O) groups is 2. The monoisotopic (exact) mass is 338 g/mol. The van der Waals surface area contributed by atoms with Crippen LogP contribution in [0.3, 0.4) is 0 Å². The van der Waals surface area contributed by atoms with E-state index in [9.17, 15) is 18.0 Å². The molecule has 0 rings (SSSR count). The maximum Gasteiger partial charge on any atom is 0.329 e. The third-order valence-electron chi connectivity index (χ3n) is 2.89. The van der Waals surface area contributed by atoms with Crippen molar-refractivity contribution in [3.8, 4) is 0 Å². The Morgan fingerprint density at radius 1 is 1.32 bits per heavy atom. The minimum atomic E-state index is -3.64. The quantitative estimate of drug-likeness (QED) is 0.491. The highest BCUT2D eigenvalue weighted by atomic mass is 32.2. The molecular weight excluding hydrogens is 312 g/mol.